The molecular formula is C15H18ClFN4OS. The monoisotopic (exact) mass is 356 g/mol. The zero-order valence-electron chi connectivity index (χ0n) is 12.4. The van der Waals surface area contributed by atoms with Crippen LogP contribution in [0.1, 0.15) is 29.8 Å². The van der Waals surface area contributed by atoms with Gasteiger partial charge >= 0.3 is 0 Å². The van der Waals surface area contributed by atoms with Crippen LogP contribution in [0.15, 0.2) is 24.3 Å². The number of rotatable bonds is 5. The number of carbonyl (C=O) groups is 1. The molecule has 1 aromatic heterocycles. The average Bonchev–Trinajstić information content (AvgIpc) is 3.14. The van der Waals surface area contributed by atoms with Crippen molar-refractivity contribution in [1.29, 1.82) is 0 Å². The van der Waals surface area contributed by atoms with Gasteiger partial charge in [-0.2, -0.15) is 0 Å². The van der Waals surface area contributed by atoms with Crippen LogP contribution in [0.25, 0.3) is 0 Å². The molecule has 2 heterocycles. The van der Waals surface area contributed by atoms with Crippen LogP contribution in [0.5, 0.6) is 0 Å². The fraction of sp³-hybridized carbons (Fsp3) is 0.400. The van der Waals surface area contributed by atoms with Gasteiger partial charge in [0.05, 0.1) is 0 Å². The second-order valence-corrected chi connectivity index (χ2v) is 6.38. The zero-order chi connectivity index (χ0) is 15.4. The van der Waals surface area contributed by atoms with Crippen molar-refractivity contribution in [2.24, 2.45) is 0 Å². The Hall–Kier alpha value is -1.57. The highest BCUT2D eigenvalue weighted by molar-refractivity contribution is 7.15. The number of hydrogen-bond donors (Lipinski definition) is 2. The molecule has 1 amide bonds. The summed E-state index contributed by atoms with van der Waals surface area (Å²) < 4.78 is 13.6. The van der Waals surface area contributed by atoms with E-state index in [1.165, 1.54) is 17.4 Å². The summed E-state index contributed by atoms with van der Waals surface area (Å²) in [4.78, 5) is 11.9. The molecule has 1 aliphatic rings. The first-order valence-electron chi connectivity index (χ1n) is 7.30. The van der Waals surface area contributed by atoms with Gasteiger partial charge in [-0.3, -0.25) is 4.79 Å². The molecule has 0 saturated carbocycles. The summed E-state index contributed by atoms with van der Waals surface area (Å²) in [7, 11) is 0. The first-order chi connectivity index (χ1) is 10.7. The minimum atomic E-state index is -0.254. The second-order valence-electron chi connectivity index (χ2n) is 5.31. The van der Waals surface area contributed by atoms with E-state index in [0.717, 1.165) is 19.4 Å². The highest BCUT2D eigenvalue weighted by Gasteiger charge is 2.18. The van der Waals surface area contributed by atoms with Crippen LogP contribution in [0, 0.1) is 5.82 Å². The third kappa shape index (κ3) is 4.95. The Morgan fingerprint density at radius 3 is 2.96 bits per heavy atom. The molecule has 0 spiro atoms. The van der Waals surface area contributed by atoms with E-state index in [2.05, 4.69) is 20.8 Å². The Balaban J connectivity index is 0.00000192. The van der Waals surface area contributed by atoms with Crippen LogP contribution in [-0.2, 0) is 11.2 Å². The van der Waals surface area contributed by atoms with Crippen LogP contribution in [0.2, 0.25) is 0 Å². The van der Waals surface area contributed by atoms with Gasteiger partial charge in [-0.1, -0.05) is 29.5 Å². The second kappa shape index (κ2) is 8.33. The molecular weight excluding hydrogens is 339 g/mol. The van der Waals surface area contributed by atoms with Gasteiger partial charge in [0.1, 0.15) is 10.8 Å². The van der Waals surface area contributed by atoms with Gasteiger partial charge in [0, 0.05) is 18.9 Å². The van der Waals surface area contributed by atoms with Gasteiger partial charge in [-0.05, 0) is 31.0 Å². The maximum Gasteiger partial charge on any atom is 0.227 e. The van der Waals surface area contributed by atoms with Gasteiger partial charge in [0.25, 0.3) is 0 Å². The van der Waals surface area contributed by atoms with E-state index in [1.54, 1.807) is 18.2 Å². The minimum absolute atomic E-state index is 0. The fourth-order valence-electron chi connectivity index (χ4n) is 2.51. The maximum atomic E-state index is 13.6. The molecule has 0 radical (unpaired) electrons. The van der Waals surface area contributed by atoms with Gasteiger partial charge in [-0.15, -0.1) is 22.6 Å². The Morgan fingerprint density at radius 2 is 2.22 bits per heavy atom. The maximum absolute atomic E-state index is 13.6. The molecule has 8 heteroatoms. The van der Waals surface area contributed by atoms with Crippen LogP contribution in [-0.4, -0.2) is 28.7 Å². The summed E-state index contributed by atoms with van der Waals surface area (Å²) in [5.74, 6) is -0.316. The molecule has 3 rings (SSSR count). The van der Waals surface area contributed by atoms with Crippen molar-refractivity contribution in [3.63, 3.8) is 0 Å². The van der Waals surface area contributed by atoms with E-state index in [1.807, 2.05) is 0 Å². The first kappa shape index (κ1) is 17.8. The normalized spacial score (nSPS) is 16.8. The molecule has 2 aromatic rings. The lowest BCUT2D eigenvalue weighted by Gasteiger charge is -2.08. The number of benzene rings is 1. The van der Waals surface area contributed by atoms with Gasteiger partial charge in [0.15, 0.2) is 0 Å². The van der Waals surface area contributed by atoms with E-state index >= 15 is 0 Å². The van der Waals surface area contributed by atoms with E-state index in [-0.39, 0.29) is 30.2 Å². The van der Waals surface area contributed by atoms with Crippen molar-refractivity contribution in [1.82, 2.24) is 15.5 Å². The molecule has 1 saturated heterocycles. The zero-order valence-corrected chi connectivity index (χ0v) is 14.1. The Bertz CT molecular complexity index is 660. The summed E-state index contributed by atoms with van der Waals surface area (Å²) in [6.45, 7) is 0.976. The Labute approximate surface area is 144 Å². The number of nitrogens with one attached hydrogen (secondary N) is 2. The molecule has 0 aliphatic carbocycles. The highest BCUT2D eigenvalue weighted by Crippen LogP contribution is 2.20. The van der Waals surface area contributed by atoms with Crippen LogP contribution in [0.3, 0.4) is 0 Å². The molecule has 124 valence electrons. The van der Waals surface area contributed by atoms with Crippen molar-refractivity contribution in [2.75, 3.05) is 11.9 Å². The fourth-order valence-corrected chi connectivity index (χ4v) is 3.28. The van der Waals surface area contributed by atoms with E-state index in [0.29, 0.717) is 28.5 Å². The third-order valence-electron chi connectivity index (χ3n) is 3.61. The van der Waals surface area contributed by atoms with E-state index in [9.17, 15) is 9.18 Å². The van der Waals surface area contributed by atoms with Crippen LogP contribution in [0.4, 0.5) is 9.52 Å². The lowest BCUT2D eigenvalue weighted by molar-refractivity contribution is -0.116. The summed E-state index contributed by atoms with van der Waals surface area (Å²) in [6, 6.07) is 6.85. The number of amides is 1. The largest absolute Gasteiger partial charge is 0.313 e. The number of nitrogens with zero attached hydrogens (tertiary/aromatic N) is 2. The lowest BCUT2D eigenvalue weighted by Crippen LogP contribution is -2.27. The number of halogens is 2. The topological polar surface area (TPSA) is 66.9 Å². The van der Waals surface area contributed by atoms with Crippen molar-refractivity contribution in [3.8, 4) is 0 Å². The van der Waals surface area contributed by atoms with Gasteiger partial charge in [-0.25, -0.2) is 4.39 Å². The molecule has 1 aromatic carbocycles. The highest BCUT2D eigenvalue weighted by atomic mass is 35.5. The standard InChI is InChI=1S/C15H17FN4OS.ClH/c16-12-6-2-1-4-10(12)8-14-19-20-15(22-14)18-13(21)9-11-5-3-7-17-11;/h1-2,4,6,11,17H,3,5,7-9H2,(H,18,20,21);1H. The molecule has 1 atom stereocenters. The van der Waals surface area contributed by atoms with E-state index in [4.69, 9.17) is 0 Å². The van der Waals surface area contributed by atoms with E-state index < -0.39 is 0 Å². The predicted molar refractivity (Wildman–Crippen MR) is 90.6 cm³/mol. The quantitative estimate of drug-likeness (QED) is 0.864. The van der Waals surface area contributed by atoms with Gasteiger partial charge in [0.2, 0.25) is 11.0 Å². The average molecular weight is 357 g/mol. The number of anilines is 1. The molecule has 23 heavy (non-hydrogen) atoms. The molecule has 1 unspecified atom stereocenters. The number of carbonyl (C=O) groups excluding carboxylic acids is 1. The van der Waals surface area contributed by atoms with Crippen molar-refractivity contribution in [2.45, 2.75) is 31.7 Å². The lowest BCUT2D eigenvalue weighted by atomic mass is 10.1. The molecule has 5 nitrogen and oxygen atoms in total. The van der Waals surface area contributed by atoms with Gasteiger partial charge < -0.3 is 10.6 Å². The smallest absolute Gasteiger partial charge is 0.227 e. The molecule has 1 aliphatic heterocycles. The summed E-state index contributed by atoms with van der Waals surface area (Å²) in [6.07, 6.45) is 2.97. The summed E-state index contributed by atoms with van der Waals surface area (Å²) in [5, 5.41) is 15.2. The van der Waals surface area contributed by atoms with Crippen molar-refractivity contribution < 1.29 is 9.18 Å². The number of hydrogen-bond acceptors (Lipinski definition) is 5. The van der Waals surface area contributed by atoms with Crippen LogP contribution < -0.4 is 10.6 Å². The van der Waals surface area contributed by atoms with Crippen LogP contribution >= 0.6 is 23.7 Å². The predicted octanol–water partition coefficient (Wildman–Crippen LogP) is 2.77. The Kier molecular flexibility index (Phi) is 6.44. The number of aromatic nitrogens is 2. The molecule has 0 bridgehead atoms. The minimum Gasteiger partial charge on any atom is -0.313 e. The molecule has 1 fully saturated rings. The first-order valence-corrected chi connectivity index (χ1v) is 8.11. The SMILES string of the molecule is Cl.O=C(CC1CCCN1)Nc1nnc(Cc2ccccc2F)s1. The van der Waals surface area contributed by atoms with Crippen molar-refractivity contribution >= 4 is 34.8 Å². The summed E-state index contributed by atoms with van der Waals surface area (Å²) >= 11 is 1.28. The van der Waals surface area contributed by atoms with Crippen molar-refractivity contribution in [3.05, 3.63) is 40.7 Å². The summed E-state index contributed by atoms with van der Waals surface area (Å²) in [5.41, 5.74) is 0.576. The Morgan fingerprint density at radius 1 is 1.39 bits per heavy atom. The molecule has 2 N–H and O–H groups in total. The third-order valence-corrected chi connectivity index (χ3v) is 4.45.